The molecular formula is C18H15ClFN. The van der Waals surface area contributed by atoms with E-state index >= 15 is 0 Å². The van der Waals surface area contributed by atoms with Crippen molar-refractivity contribution in [1.82, 2.24) is 0 Å². The van der Waals surface area contributed by atoms with Gasteiger partial charge < -0.3 is 5.32 Å². The summed E-state index contributed by atoms with van der Waals surface area (Å²) in [5.74, 6) is 0.644. The predicted octanol–water partition coefficient (Wildman–Crippen LogP) is 5.31. The third-order valence-corrected chi connectivity index (χ3v) is 4.89. The summed E-state index contributed by atoms with van der Waals surface area (Å²) in [7, 11) is 0. The van der Waals surface area contributed by atoms with Crippen molar-refractivity contribution >= 4 is 17.3 Å². The van der Waals surface area contributed by atoms with E-state index in [4.69, 9.17) is 11.6 Å². The van der Waals surface area contributed by atoms with Crippen molar-refractivity contribution < 1.29 is 4.39 Å². The highest BCUT2D eigenvalue weighted by Crippen LogP contribution is 2.51. The van der Waals surface area contributed by atoms with Crippen LogP contribution >= 0.6 is 11.6 Å². The van der Waals surface area contributed by atoms with Gasteiger partial charge in [0, 0.05) is 5.92 Å². The van der Waals surface area contributed by atoms with E-state index in [0.717, 1.165) is 22.7 Å². The summed E-state index contributed by atoms with van der Waals surface area (Å²) >= 11 is 6.36. The Hall–Kier alpha value is -1.80. The number of hydrogen-bond donors (Lipinski definition) is 1. The second-order valence-corrected chi connectivity index (χ2v) is 6.14. The zero-order valence-corrected chi connectivity index (χ0v) is 12.1. The number of hydrogen-bond acceptors (Lipinski definition) is 1. The average molecular weight is 300 g/mol. The Kier molecular flexibility index (Phi) is 3.00. The van der Waals surface area contributed by atoms with E-state index in [0.29, 0.717) is 11.8 Å². The molecule has 0 spiro atoms. The lowest BCUT2D eigenvalue weighted by Crippen LogP contribution is -2.29. The van der Waals surface area contributed by atoms with Gasteiger partial charge in [0.05, 0.1) is 16.8 Å². The van der Waals surface area contributed by atoms with Crippen LogP contribution in [0.4, 0.5) is 10.1 Å². The number of nitrogens with one attached hydrogen (secondary N) is 1. The molecule has 0 fully saturated rings. The maximum atomic E-state index is 13.2. The number of para-hydroxylation sites is 1. The molecule has 106 valence electrons. The highest BCUT2D eigenvalue weighted by atomic mass is 35.5. The topological polar surface area (TPSA) is 12.0 Å². The standard InChI is InChI=1S/C18H15ClFN/c19-16-6-2-5-15-13-3-1-4-14(13)17(21-18(15)16)11-7-9-12(20)10-8-11/h1-3,5-10,13-14,17,21H,4H2/t13-,14+,17+/m0/s1. The van der Waals surface area contributed by atoms with Crippen LogP contribution in [0.5, 0.6) is 0 Å². The maximum Gasteiger partial charge on any atom is 0.123 e. The van der Waals surface area contributed by atoms with Crippen LogP contribution in [-0.4, -0.2) is 0 Å². The van der Waals surface area contributed by atoms with Crippen molar-refractivity contribution in [3.05, 3.63) is 76.6 Å². The predicted molar refractivity (Wildman–Crippen MR) is 84.2 cm³/mol. The highest BCUT2D eigenvalue weighted by molar-refractivity contribution is 6.33. The smallest absolute Gasteiger partial charge is 0.123 e. The van der Waals surface area contributed by atoms with Crippen LogP contribution < -0.4 is 5.32 Å². The van der Waals surface area contributed by atoms with Gasteiger partial charge in [-0.3, -0.25) is 0 Å². The first kappa shape index (κ1) is 12.9. The van der Waals surface area contributed by atoms with E-state index in [1.165, 1.54) is 17.7 Å². The van der Waals surface area contributed by atoms with Gasteiger partial charge in [-0.2, -0.15) is 0 Å². The Labute approximate surface area is 128 Å². The molecule has 0 amide bonds. The van der Waals surface area contributed by atoms with E-state index in [-0.39, 0.29) is 11.9 Å². The van der Waals surface area contributed by atoms with Crippen LogP contribution in [0.1, 0.15) is 29.5 Å². The summed E-state index contributed by atoms with van der Waals surface area (Å²) in [6.45, 7) is 0. The number of fused-ring (bicyclic) bond motifs is 3. The first-order valence-corrected chi connectivity index (χ1v) is 7.59. The molecule has 0 unspecified atom stereocenters. The van der Waals surface area contributed by atoms with Gasteiger partial charge in [0.15, 0.2) is 0 Å². The van der Waals surface area contributed by atoms with Gasteiger partial charge in [-0.25, -0.2) is 4.39 Å². The van der Waals surface area contributed by atoms with Crippen molar-refractivity contribution in [2.24, 2.45) is 5.92 Å². The van der Waals surface area contributed by atoms with E-state index < -0.39 is 0 Å². The van der Waals surface area contributed by atoms with Gasteiger partial charge >= 0.3 is 0 Å². The zero-order chi connectivity index (χ0) is 14.4. The van der Waals surface area contributed by atoms with Crippen LogP contribution in [0.2, 0.25) is 5.02 Å². The average Bonchev–Trinajstić information content (AvgIpc) is 2.98. The van der Waals surface area contributed by atoms with E-state index in [2.05, 4.69) is 23.5 Å². The lowest BCUT2D eigenvalue weighted by atomic mass is 9.77. The lowest BCUT2D eigenvalue weighted by Gasteiger charge is -2.38. The molecule has 2 aromatic rings. The molecule has 2 aliphatic rings. The summed E-state index contributed by atoms with van der Waals surface area (Å²) in [6.07, 6.45) is 5.55. The van der Waals surface area contributed by atoms with Crippen molar-refractivity contribution in [2.75, 3.05) is 5.32 Å². The van der Waals surface area contributed by atoms with Crippen molar-refractivity contribution in [3.8, 4) is 0 Å². The molecule has 1 aliphatic carbocycles. The largest absolute Gasteiger partial charge is 0.376 e. The summed E-state index contributed by atoms with van der Waals surface area (Å²) < 4.78 is 13.2. The van der Waals surface area contributed by atoms with Gasteiger partial charge in [0.2, 0.25) is 0 Å². The molecule has 0 radical (unpaired) electrons. The quantitative estimate of drug-likeness (QED) is 0.704. The molecular weight excluding hydrogens is 285 g/mol. The fraction of sp³-hybridized carbons (Fsp3) is 0.222. The SMILES string of the molecule is Fc1ccc([C@H]2Nc3c(Cl)cccc3[C@H]3C=CC[C@H]32)cc1. The van der Waals surface area contributed by atoms with Crippen LogP contribution in [0.25, 0.3) is 0 Å². The number of halogens is 2. The monoisotopic (exact) mass is 299 g/mol. The molecule has 0 saturated heterocycles. The van der Waals surface area contributed by atoms with Crippen LogP contribution in [-0.2, 0) is 0 Å². The fourth-order valence-electron chi connectivity index (χ4n) is 3.58. The molecule has 0 bridgehead atoms. The molecule has 4 rings (SSSR count). The summed E-state index contributed by atoms with van der Waals surface area (Å²) in [4.78, 5) is 0. The molecule has 1 nitrogen and oxygen atoms in total. The summed E-state index contributed by atoms with van der Waals surface area (Å²) in [5.41, 5.74) is 3.39. The van der Waals surface area contributed by atoms with Gasteiger partial charge in [-0.1, -0.05) is 48.0 Å². The van der Waals surface area contributed by atoms with E-state index in [9.17, 15) is 4.39 Å². The van der Waals surface area contributed by atoms with Crippen molar-refractivity contribution in [2.45, 2.75) is 18.4 Å². The summed E-state index contributed by atoms with van der Waals surface area (Å²) in [5, 5.41) is 4.33. The molecule has 0 saturated carbocycles. The Bertz CT molecular complexity index is 708. The molecule has 3 atom stereocenters. The van der Waals surface area contributed by atoms with Gasteiger partial charge in [0.25, 0.3) is 0 Å². The van der Waals surface area contributed by atoms with Crippen LogP contribution in [0, 0.1) is 11.7 Å². The van der Waals surface area contributed by atoms with Crippen LogP contribution in [0.3, 0.4) is 0 Å². The van der Waals surface area contributed by atoms with Crippen molar-refractivity contribution in [1.29, 1.82) is 0 Å². The minimum absolute atomic E-state index is 0.165. The van der Waals surface area contributed by atoms with Gasteiger partial charge in [-0.05, 0) is 41.7 Å². The van der Waals surface area contributed by atoms with E-state index in [1.807, 2.05) is 24.3 Å². The maximum absolute atomic E-state index is 13.2. The summed E-state index contributed by atoms with van der Waals surface area (Å²) in [6, 6.07) is 13.0. The number of anilines is 1. The second kappa shape index (κ2) is 4.88. The first-order valence-electron chi connectivity index (χ1n) is 7.21. The second-order valence-electron chi connectivity index (χ2n) is 5.73. The fourth-order valence-corrected chi connectivity index (χ4v) is 3.82. The van der Waals surface area contributed by atoms with Crippen LogP contribution in [0.15, 0.2) is 54.6 Å². The Morgan fingerprint density at radius 2 is 1.90 bits per heavy atom. The Morgan fingerprint density at radius 1 is 1.10 bits per heavy atom. The molecule has 1 heterocycles. The first-order chi connectivity index (χ1) is 10.2. The lowest BCUT2D eigenvalue weighted by molar-refractivity contribution is 0.425. The minimum atomic E-state index is -0.200. The third-order valence-electron chi connectivity index (χ3n) is 4.58. The normalized spacial score (nSPS) is 26.1. The number of rotatable bonds is 1. The Morgan fingerprint density at radius 3 is 2.71 bits per heavy atom. The molecule has 3 heteroatoms. The Balaban J connectivity index is 1.81. The van der Waals surface area contributed by atoms with Gasteiger partial charge in [0.1, 0.15) is 5.82 Å². The van der Waals surface area contributed by atoms with Crippen molar-refractivity contribution in [3.63, 3.8) is 0 Å². The molecule has 21 heavy (non-hydrogen) atoms. The van der Waals surface area contributed by atoms with Gasteiger partial charge in [-0.15, -0.1) is 0 Å². The third kappa shape index (κ3) is 2.06. The molecule has 2 aromatic carbocycles. The molecule has 0 aromatic heterocycles. The molecule has 1 N–H and O–H groups in total. The molecule has 1 aliphatic heterocycles. The number of benzene rings is 2. The number of allylic oxidation sites excluding steroid dienone is 2. The zero-order valence-electron chi connectivity index (χ0n) is 11.4. The van der Waals surface area contributed by atoms with E-state index in [1.54, 1.807) is 0 Å². The highest BCUT2D eigenvalue weighted by Gasteiger charge is 2.38. The minimum Gasteiger partial charge on any atom is -0.376 e.